The Labute approximate surface area is 50.3 Å². The molecule has 0 amide bonds. The second-order valence-electron chi connectivity index (χ2n) is 1.94. The van der Waals surface area contributed by atoms with Crippen LogP contribution in [0.25, 0.3) is 12.2 Å². The van der Waals surface area contributed by atoms with Gasteiger partial charge in [-0.1, -0.05) is 0 Å². The largest absolute Gasteiger partial charge is 0.405 e. The second kappa shape index (κ2) is 1.37. The van der Waals surface area contributed by atoms with Gasteiger partial charge in [0.2, 0.25) is 0 Å². The molecule has 3 nitrogen and oxygen atoms in total. The fourth-order valence-electron chi connectivity index (χ4n) is 0.875. The van der Waals surface area contributed by atoms with Crippen molar-refractivity contribution in [1.82, 2.24) is 4.98 Å². The molecule has 1 N–H and O–H groups in total. The van der Waals surface area contributed by atoms with E-state index in [0.717, 1.165) is 6.42 Å². The first kappa shape index (κ1) is 4.61. The number of hydrogen-bond donors (Lipinski definition) is 1. The standard InChI is InChI=1S/C6H5NO2/c8-6-4-2-1-3-5(7-4)9-6/h2-3,7H,1H2. The van der Waals surface area contributed by atoms with Crippen LogP contribution in [0.2, 0.25) is 0 Å². The topological polar surface area (TPSA) is 46.0 Å². The van der Waals surface area contributed by atoms with Crippen LogP contribution in [0.3, 0.4) is 0 Å². The van der Waals surface area contributed by atoms with E-state index in [0.29, 0.717) is 10.9 Å². The molecule has 1 aromatic heterocycles. The third-order valence-electron chi connectivity index (χ3n) is 1.31. The van der Waals surface area contributed by atoms with Crippen LogP contribution in [0.1, 0.15) is 6.42 Å². The Hall–Kier alpha value is -1.25. The number of H-pyrrole nitrogens is 1. The summed E-state index contributed by atoms with van der Waals surface area (Å²) in [6, 6.07) is 0. The fraction of sp³-hybridized carbons (Fsp3) is 0.167. The summed E-state index contributed by atoms with van der Waals surface area (Å²) >= 11 is 0. The maximum absolute atomic E-state index is 10.7. The Kier molecular flexibility index (Phi) is 0.704. The zero-order valence-corrected chi connectivity index (χ0v) is 4.68. The molecule has 1 aliphatic heterocycles. The van der Waals surface area contributed by atoms with E-state index >= 15 is 0 Å². The van der Waals surface area contributed by atoms with Gasteiger partial charge in [-0.3, -0.25) is 0 Å². The highest BCUT2D eigenvalue weighted by molar-refractivity contribution is 5.36. The molecule has 1 aromatic rings. The van der Waals surface area contributed by atoms with E-state index in [9.17, 15) is 4.79 Å². The predicted octanol–water partition coefficient (Wildman–Crippen LogP) is -1.07. The lowest BCUT2D eigenvalue weighted by molar-refractivity contribution is 0.486. The zero-order valence-electron chi connectivity index (χ0n) is 4.68. The number of oxazole rings is 1. The minimum Gasteiger partial charge on any atom is -0.405 e. The van der Waals surface area contributed by atoms with E-state index in [1.165, 1.54) is 0 Å². The van der Waals surface area contributed by atoms with Gasteiger partial charge in [0, 0.05) is 0 Å². The van der Waals surface area contributed by atoms with Gasteiger partial charge in [-0.15, -0.1) is 0 Å². The van der Waals surface area contributed by atoms with Gasteiger partial charge in [-0.25, -0.2) is 4.79 Å². The van der Waals surface area contributed by atoms with Gasteiger partial charge in [-0.05, 0) is 18.6 Å². The van der Waals surface area contributed by atoms with Crippen LogP contribution in [0.15, 0.2) is 9.21 Å². The fourth-order valence-corrected chi connectivity index (χ4v) is 0.875. The maximum Gasteiger partial charge on any atom is 0.361 e. The SMILES string of the molecule is O=c1oc2[nH]c1=CCC=2. The minimum atomic E-state index is -0.265. The van der Waals surface area contributed by atoms with Crippen molar-refractivity contribution in [2.45, 2.75) is 6.42 Å². The van der Waals surface area contributed by atoms with Gasteiger partial charge >= 0.3 is 5.63 Å². The number of fused-ring (bicyclic) bond motifs is 2. The van der Waals surface area contributed by atoms with Crippen LogP contribution in [0.5, 0.6) is 0 Å². The van der Waals surface area contributed by atoms with Crippen molar-refractivity contribution >= 4 is 12.2 Å². The molecule has 46 valence electrons. The molecule has 0 aliphatic carbocycles. The molecular weight excluding hydrogens is 118 g/mol. The van der Waals surface area contributed by atoms with E-state index in [1.807, 2.05) is 6.08 Å². The molecule has 1 aliphatic rings. The quantitative estimate of drug-likeness (QED) is 0.477. The lowest BCUT2D eigenvalue weighted by atomic mass is 10.3. The Morgan fingerprint density at radius 3 is 3.11 bits per heavy atom. The van der Waals surface area contributed by atoms with Crippen molar-refractivity contribution in [2.24, 2.45) is 0 Å². The minimum absolute atomic E-state index is 0.265. The molecule has 2 bridgehead atoms. The average Bonchev–Trinajstić information content (AvgIpc) is 2.09. The molecular formula is C6H5NO2. The summed E-state index contributed by atoms with van der Waals surface area (Å²) in [5.74, 6) is 0. The normalized spacial score (nSPS) is 14.2. The summed E-state index contributed by atoms with van der Waals surface area (Å²) in [5, 5.41) is 0.576. The summed E-state index contributed by atoms with van der Waals surface area (Å²) in [6.07, 6.45) is 4.43. The molecule has 0 unspecified atom stereocenters. The van der Waals surface area contributed by atoms with Gasteiger partial charge in [0.15, 0.2) is 5.55 Å². The first-order valence-corrected chi connectivity index (χ1v) is 2.76. The van der Waals surface area contributed by atoms with E-state index in [1.54, 1.807) is 6.08 Å². The number of rotatable bonds is 0. The van der Waals surface area contributed by atoms with Gasteiger partial charge in [0.1, 0.15) is 5.35 Å². The zero-order chi connectivity index (χ0) is 6.27. The van der Waals surface area contributed by atoms with E-state index < -0.39 is 0 Å². The summed E-state index contributed by atoms with van der Waals surface area (Å²) in [6.45, 7) is 0. The van der Waals surface area contributed by atoms with Gasteiger partial charge in [-0.2, -0.15) is 0 Å². The Bertz CT molecular complexity index is 375. The van der Waals surface area contributed by atoms with E-state index in [2.05, 4.69) is 4.98 Å². The summed E-state index contributed by atoms with van der Waals surface area (Å²) in [7, 11) is 0. The van der Waals surface area contributed by atoms with Crippen LogP contribution in [0, 0.1) is 0 Å². The number of nitrogens with one attached hydrogen (secondary N) is 1. The van der Waals surface area contributed by atoms with Crippen molar-refractivity contribution in [1.29, 1.82) is 0 Å². The highest BCUT2D eigenvalue weighted by Crippen LogP contribution is 1.82. The van der Waals surface area contributed by atoms with Crippen LogP contribution < -0.4 is 16.5 Å². The molecule has 9 heavy (non-hydrogen) atoms. The molecule has 2 heterocycles. The molecule has 2 rings (SSSR count). The molecule has 0 saturated heterocycles. The highest BCUT2D eigenvalue weighted by Gasteiger charge is 1.96. The van der Waals surface area contributed by atoms with Crippen LogP contribution >= 0.6 is 0 Å². The maximum atomic E-state index is 10.7. The third kappa shape index (κ3) is 0.543. The number of aromatic amines is 1. The first-order chi connectivity index (χ1) is 4.36. The highest BCUT2D eigenvalue weighted by atomic mass is 16.4. The van der Waals surface area contributed by atoms with Crippen molar-refractivity contribution in [3.63, 3.8) is 0 Å². The molecule has 0 aromatic carbocycles. The van der Waals surface area contributed by atoms with Gasteiger partial charge in [0.25, 0.3) is 0 Å². The lowest BCUT2D eigenvalue weighted by Crippen LogP contribution is -2.21. The van der Waals surface area contributed by atoms with Crippen molar-refractivity contribution in [2.75, 3.05) is 0 Å². The summed E-state index contributed by atoms with van der Waals surface area (Å²) in [4.78, 5) is 13.5. The second-order valence-corrected chi connectivity index (χ2v) is 1.94. The monoisotopic (exact) mass is 123 g/mol. The van der Waals surface area contributed by atoms with Crippen molar-refractivity contribution < 1.29 is 4.42 Å². The average molecular weight is 123 g/mol. The smallest absolute Gasteiger partial charge is 0.361 e. The molecule has 0 radical (unpaired) electrons. The Morgan fingerprint density at radius 1 is 1.56 bits per heavy atom. The molecule has 0 fully saturated rings. The molecule has 0 spiro atoms. The number of aromatic nitrogens is 1. The Morgan fingerprint density at radius 2 is 2.44 bits per heavy atom. The van der Waals surface area contributed by atoms with E-state index in [4.69, 9.17) is 4.42 Å². The summed E-state index contributed by atoms with van der Waals surface area (Å²) in [5.41, 5.74) is 0.316. The number of hydrogen-bond acceptors (Lipinski definition) is 2. The third-order valence-corrected chi connectivity index (χ3v) is 1.31. The van der Waals surface area contributed by atoms with Crippen molar-refractivity contribution in [3.05, 3.63) is 21.3 Å². The van der Waals surface area contributed by atoms with Crippen molar-refractivity contribution in [3.8, 4) is 0 Å². The lowest BCUT2D eigenvalue weighted by Gasteiger charge is -1.80. The molecule has 0 atom stereocenters. The van der Waals surface area contributed by atoms with Crippen LogP contribution in [-0.4, -0.2) is 4.98 Å². The molecule has 0 saturated carbocycles. The van der Waals surface area contributed by atoms with Crippen LogP contribution in [0.4, 0.5) is 0 Å². The first-order valence-electron chi connectivity index (χ1n) is 2.76. The van der Waals surface area contributed by atoms with E-state index in [-0.39, 0.29) is 5.63 Å². The van der Waals surface area contributed by atoms with Crippen LogP contribution in [-0.2, 0) is 0 Å². The van der Waals surface area contributed by atoms with Gasteiger partial charge in [0.05, 0.1) is 0 Å². The van der Waals surface area contributed by atoms with Gasteiger partial charge < -0.3 is 9.40 Å². The molecule has 3 heteroatoms. The Balaban J connectivity index is 3.17. The predicted molar refractivity (Wildman–Crippen MR) is 32.1 cm³/mol. The summed E-state index contributed by atoms with van der Waals surface area (Å²) < 4.78 is 4.73.